The van der Waals surface area contributed by atoms with Crippen LogP contribution >= 0.6 is 0 Å². The Kier molecular flexibility index (Phi) is 7.06. The van der Waals surface area contributed by atoms with Gasteiger partial charge in [0.1, 0.15) is 0 Å². The van der Waals surface area contributed by atoms with Gasteiger partial charge in [-0.25, -0.2) is 0 Å². The van der Waals surface area contributed by atoms with Gasteiger partial charge >= 0.3 is 29.2 Å². The van der Waals surface area contributed by atoms with Gasteiger partial charge in [-0.3, -0.25) is 0 Å². The van der Waals surface area contributed by atoms with E-state index in [1.54, 1.807) is 0 Å². The third-order valence-electron chi connectivity index (χ3n) is 0.900. The summed E-state index contributed by atoms with van der Waals surface area (Å²) in [7, 11) is 0. The van der Waals surface area contributed by atoms with Crippen molar-refractivity contribution in [2.24, 2.45) is 0 Å². The van der Waals surface area contributed by atoms with Crippen LogP contribution in [0.2, 0.25) is 0 Å². The minimum absolute atomic E-state index is 0. The molecule has 0 atom stereocenters. The Balaban J connectivity index is 0. The fourth-order valence-corrected chi connectivity index (χ4v) is 0.484. The second-order valence-corrected chi connectivity index (χ2v) is 1.65. The molecule has 0 radical (unpaired) electrons. The molecular weight excluding hydrogens is 247 g/mol. The Hall–Kier alpha value is 0.186. The predicted molar refractivity (Wildman–Crippen MR) is 33.8 cm³/mol. The normalized spacial score (nSPS) is 9.58. The van der Waals surface area contributed by atoms with Crippen molar-refractivity contribution in [3.05, 3.63) is 30.1 Å². The van der Waals surface area contributed by atoms with Gasteiger partial charge in [-0.15, -0.1) is 6.07 Å². The van der Waals surface area contributed by atoms with E-state index < -0.39 is 11.9 Å². The topological polar surface area (TPSA) is 12.9 Å². The van der Waals surface area contributed by atoms with E-state index in [0.717, 1.165) is 6.07 Å². The van der Waals surface area contributed by atoms with Crippen molar-refractivity contribution in [1.29, 1.82) is 0 Å². The summed E-state index contributed by atoms with van der Waals surface area (Å²) in [5.74, 6) is 0. The summed E-state index contributed by atoms with van der Waals surface area (Å²) in [5.41, 5.74) is -0.907. The van der Waals surface area contributed by atoms with Crippen molar-refractivity contribution in [2.45, 2.75) is 6.18 Å². The fourth-order valence-electron chi connectivity index (χ4n) is 0.484. The van der Waals surface area contributed by atoms with Crippen molar-refractivity contribution >= 4 is 23.1 Å². The van der Waals surface area contributed by atoms with Gasteiger partial charge in [-0.2, -0.15) is 25.3 Å². The van der Waals surface area contributed by atoms with Crippen LogP contribution in [0.15, 0.2) is 18.2 Å². The third kappa shape index (κ3) is 4.27. The summed E-state index contributed by atoms with van der Waals surface area (Å²) < 4.78 is 35.1. The number of rotatable bonds is 0. The van der Waals surface area contributed by atoms with Crippen LogP contribution in [0.5, 0.6) is 0 Å². The molecule has 0 bridgehead atoms. The molecule has 0 aliphatic carbocycles. The Labute approximate surface area is 94.3 Å². The largest absolute Gasteiger partial charge is 2.00 e. The van der Waals surface area contributed by atoms with Gasteiger partial charge in [0.2, 0.25) is 0 Å². The minimum atomic E-state index is -4.35. The summed E-state index contributed by atoms with van der Waals surface area (Å²) >= 11 is 0. The van der Waals surface area contributed by atoms with E-state index in [4.69, 9.17) is 0 Å². The molecule has 0 fully saturated rings. The monoisotopic (exact) mass is 249 g/mol. The zero-order chi connectivity index (χ0) is 7.61. The molecule has 1 rings (SSSR count). The van der Waals surface area contributed by atoms with Gasteiger partial charge in [0.15, 0.2) is 0 Å². The second kappa shape index (κ2) is 5.77. The smallest absolute Gasteiger partial charge is 1.00 e. The predicted octanol–water partition coefficient (Wildman–Crippen LogP) is -1.48. The molecule has 0 saturated carbocycles. The number of hydrogen-bond acceptors (Lipinski definition) is 1. The maximum absolute atomic E-state index is 11.7. The summed E-state index contributed by atoms with van der Waals surface area (Å²) in [6, 6.07) is 3.46. The van der Waals surface area contributed by atoms with Gasteiger partial charge < -0.3 is 22.0 Å². The first-order valence-corrected chi connectivity index (χ1v) is 2.51. The van der Waals surface area contributed by atoms with Gasteiger partial charge in [0.25, 0.3) is 0 Å². The first-order chi connectivity index (χ1) is 4.61. The van der Waals surface area contributed by atoms with Crippen LogP contribution in [0.1, 0.15) is 5.69 Å². The molecule has 0 aliphatic heterocycles. The summed E-state index contributed by atoms with van der Waals surface area (Å²) in [6.45, 7) is 0. The minimum Gasteiger partial charge on any atom is -1.00 e. The quantitative estimate of drug-likeness (QED) is 0.404. The Morgan fingerprint density at radius 3 is 2.17 bits per heavy atom. The molecule has 1 nitrogen and oxygen atoms in total. The third-order valence-corrected chi connectivity index (χ3v) is 0.900. The van der Waals surface area contributed by atoms with E-state index in [2.05, 4.69) is 11.2 Å². The van der Waals surface area contributed by atoms with E-state index in [9.17, 15) is 13.2 Å². The molecule has 0 aromatic carbocycles. The van der Waals surface area contributed by atoms with Crippen molar-refractivity contribution < 1.29 is 30.2 Å². The van der Waals surface area contributed by atoms with E-state index >= 15 is 0 Å². The van der Waals surface area contributed by atoms with E-state index in [1.807, 2.05) is 0 Å². The average Bonchev–Trinajstić information content (AvgIpc) is 1.88. The number of nitrogens with zero attached hydrogens (tertiary/aromatic N) is 1. The molecule has 0 spiro atoms. The second-order valence-electron chi connectivity index (χ2n) is 1.65. The number of pyridine rings is 1. The number of alkyl halides is 3. The van der Waals surface area contributed by atoms with Crippen molar-refractivity contribution in [3.8, 4) is 0 Å². The van der Waals surface area contributed by atoms with E-state index in [1.165, 1.54) is 12.1 Å². The number of hydrogen-bond donors (Lipinski definition) is 0. The van der Waals surface area contributed by atoms with Crippen LogP contribution in [0.4, 0.5) is 13.2 Å². The van der Waals surface area contributed by atoms with E-state index in [-0.39, 0.29) is 40.0 Å². The molecule has 0 N–H and O–H groups in total. The molecule has 62 valence electrons. The first-order valence-electron chi connectivity index (χ1n) is 2.51. The van der Waals surface area contributed by atoms with Crippen molar-refractivity contribution in [1.82, 2.24) is 4.98 Å². The first kappa shape index (κ1) is 14.7. The van der Waals surface area contributed by atoms with Crippen LogP contribution in [0, 0.1) is 6.20 Å². The zero-order valence-electron chi connectivity index (χ0n) is 5.90. The standard InChI is InChI=1S/C6H3F3N.BrH.Mg/c7-6(8,9)5-3-1-2-4-10-5;;/h1-3H;1H;/q-1;;+2/p-1. The molecule has 1 aromatic rings. The Bertz CT molecular complexity index is 214. The van der Waals surface area contributed by atoms with Gasteiger partial charge in [-0.05, 0) is 0 Å². The van der Waals surface area contributed by atoms with Crippen LogP contribution < -0.4 is 17.0 Å². The number of aromatic nitrogens is 1. The summed E-state index contributed by atoms with van der Waals surface area (Å²) in [4.78, 5) is 3.00. The average molecular weight is 250 g/mol. The van der Waals surface area contributed by atoms with Crippen LogP contribution in [-0.2, 0) is 6.18 Å². The molecule has 6 heteroatoms. The summed E-state index contributed by atoms with van der Waals surface area (Å²) in [6.07, 6.45) is -2.25. The maximum Gasteiger partial charge on any atom is 2.00 e. The molecular formula is C6H3BrF3MgN. The van der Waals surface area contributed by atoms with Crippen LogP contribution in [0.25, 0.3) is 0 Å². The molecule has 1 heterocycles. The molecule has 1 aromatic heterocycles. The van der Waals surface area contributed by atoms with E-state index in [0.29, 0.717) is 0 Å². The summed E-state index contributed by atoms with van der Waals surface area (Å²) in [5, 5.41) is 0. The van der Waals surface area contributed by atoms with Gasteiger partial charge in [0.05, 0.1) is 0 Å². The maximum atomic E-state index is 11.7. The molecule has 0 unspecified atom stereocenters. The molecule has 0 saturated heterocycles. The molecule has 12 heavy (non-hydrogen) atoms. The SMILES string of the molecule is FC(F)(F)c1ccc[c-]n1.[Br-].[Mg+2]. The molecule has 0 amide bonds. The van der Waals surface area contributed by atoms with Gasteiger partial charge in [-0.1, -0.05) is 6.20 Å². The van der Waals surface area contributed by atoms with Crippen LogP contribution in [-0.4, -0.2) is 28.0 Å². The molecule has 0 aliphatic rings. The Morgan fingerprint density at radius 2 is 1.92 bits per heavy atom. The Morgan fingerprint density at radius 1 is 1.33 bits per heavy atom. The number of halogens is 4. The van der Waals surface area contributed by atoms with Gasteiger partial charge in [0, 0.05) is 5.69 Å². The van der Waals surface area contributed by atoms with Crippen molar-refractivity contribution in [2.75, 3.05) is 0 Å². The van der Waals surface area contributed by atoms with Crippen LogP contribution in [0.3, 0.4) is 0 Å². The zero-order valence-corrected chi connectivity index (χ0v) is 8.90. The van der Waals surface area contributed by atoms with Crippen molar-refractivity contribution in [3.63, 3.8) is 0 Å². The fraction of sp³-hybridized carbons (Fsp3) is 0.167.